The molecule has 0 saturated heterocycles. The van der Waals surface area contributed by atoms with Crippen molar-refractivity contribution in [3.05, 3.63) is 27.3 Å². The first kappa shape index (κ1) is 12.8. The van der Waals surface area contributed by atoms with Crippen molar-refractivity contribution >= 4 is 34.4 Å². The third-order valence-corrected chi connectivity index (χ3v) is 2.65. The molecule has 0 saturated carbocycles. The molecule has 5 nitrogen and oxygen atoms in total. The fourth-order valence-corrected chi connectivity index (χ4v) is 1.53. The number of carbonyl (C=O) groups is 2. The van der Waals surface area contributed by atoms with Gasteiger partial charge in [0.2, 0.25) is 5.91 Å². The van der Waals surface area contributed by atoms with E-state index in [-0.39, 0.29) is 11.3 Å². The van der Waals surface area contributed by atoms with E-state index in [0.29, 0.717) is 0 Å². The van der Waals surface area contributed by atoms with Gasteiger partial charge in [-0.3, -0.25) is 9.59 Å². The Bertz CT molecular complexity index is 434. The normalized spacial score (nSPS) is 11.9. The molecule has 0 bridgehead atoms. The molecule has 0 aliphatic heterocycles. The molecule has 0 aromatic heterocycles. The summed E-state index contributed by atoms with van der Waals surface area (Å²) in [6, 6.07) is 3.85. The van der Waals surface area contributed by atoms with Crippen LogP contribution in [0.4, 0.5) is 0 Å². The number of amides is 2. The Kier molecular flexibility index (Phi) is 4.11. The van der Waals surface area contributed by atoms with Crippen molar-refractivity contribution in [3.8, 4) is 5.75 Å². The van der Waals surface area contributed by atoms with Gasteiger partial charge in [0, 0.05) is 3.57 Å². The predicted molar refractivity (Wildman–Crippen MR) is 66.9 cm³/mol. The van der Waals surface area contributed by atoms with E-state index in [4.69, 9.17) is 5.73 Å². The van der Waals surface area contributed by atoms with Crippen molar-refractivity contribution in [1.29, 1.82) is 0 Å². The molecule has 4 N–H and O–H groups in total. The van der Waals surface area contributed by atoms with Gasteiger partial charge in [0.25, 0.3) is 5.91 Å². The molecule has 86 valence electrons. The summed E-state index contributed by atoms with van der Waals surface area (Å²) < 4.78 is 0.812. The quantitative estimate of drug-likeness (QED) is 0.707. The molecule has 16 heavy (non-hydrogen) atoms. The van der Waals surface area contributed by atoms with E-state index < -0.39 is 17.9 Å². The minimum absolute atomic E-state index is 0.125. The molecule has 1 aromatic carbocycles. The first-order valence-electron chi connectivity index (χ1n) is 4.50. The number of hydrogen-bond donors (Lipinski definition) is 3. The third-order valence-electron chi connectivity index (χ3n) is 1.98. The Morgan fingerprint density at radius 1 is 1.50 bits per heavy atom. The summed E-state index contributed by atoms with van der Waals surface area (Å²) in [5.74, 6) is -1.28. The van der Waals surface area contributed by atoms with Crippen molar-refractivity contribution < 1.29 is 14.7 Å². The number of phenolic OH excluding ortho intramolecular Hbond substituents is 1. The van der Waals surface area contributed by atoms with Gasteiger partial charge in [-0.1, -0.05) is 0 Å². The summed E-state index contributed by atoms with van der Waals surface area (Å²) >= 11 is 2.02. The van der Waals surface area contributed by atoms with Crippen molar-refractivity contribution in [1.82, 2.24) is 5.32 Å². The lowest BCUT2D eigenvalue weighted by Crippen LogP contribution is -2.42. The lowest BCUT2D eigenvalue weighted by molar-refractivity contribution is -0.119. The average molecular weight is 334 g/mol. The second-order valence-electron chi connectivity index (χ2n) is 3.26. The van der Waals surface area contributed by atoms with Crippen molar-refractivity contribution in [3.63, 3.8) is 0 Å². The van der Waals surface area contributed by atoms with E-state index in [9.17, 15) is 14.7 Å². The Morgan fingerprint density at radius 3 is 2.69 bits per heavy atom. The summed E-state index contributed by atoms with van der Waals surface area (Å²) in [5.41, 5.74) is 5.14. The molecule has 0 radical (unpaired) electrons. The van der Waals surface area contributed by atoms with Crippen LogP contribution in [-0.4, -0.2) is 23.0 Å². The Balaban J connectivity index is 2.88. The molecule has 1 rings (SSSR count). The molecule has 0 fully saturated rings. The highest BCUT2D eigenvalue weighted by atomic mass is 127. The second-order valence-corrected chi connectivity index (χ2v) is 4.50. The predicted octanol–water partition coefficient (Wildman–Crippen LogP) is 0.600. The molecular weight excluding hydrogens is 323 g/mol. The van der Waals surface area contributed by atoms with Crippen LogP contribution in [0.25, 0.3) is 0 Å². The first-order chi connectivity index (χ1) is 7.41. The SMILES string of the molecule is CC(NC(=O)c1cc(I)ccc1O)C(N)=O. The number of primary amides is 1. The summed E-state index contributed by atoms with van der Waals surface area (Å²) in [6.45, 7) is 1.48. The zero-order valence-electron chi connectivity index (χ0n) is 8.53. The van der Waals surface area contributed by atoms with Gasteiger partial charge in [-0.05, 0) is 47.7 Å². The monoisotopic (exact) mass is 334 g/mol. The Labute approximate surface area is 106 Å². The highest BCUT2D eigenvalue weighted by molar-refractivity contribution is 14.1. The number of nitrogens with one attached hydrogen (secondary N) is 1. The summed E-state index contributed by atoms with van der Waals surface area (Å²) in [5, 5.41) is 11.9. The minimum atomic E-state index is -0.773. The van der Waals surface area contributed by atoms with E-state index in [1.165, 1.54) is 19.1 Å². The molecule has 6 heteroatoms. The summed E-state index contributed by atoms with van der Waals surface area (Å²) in [7, 11) is 0. The topological polar surface area (TPSA) is 92.4 Å². The maximum absolute atomic E-state index is 11.7. The molecule has 2 amide bonds. The zero-order valence-corrected chi connectivity index (χ0v) is 10.7. The van der Waals surface area contributed by atoms with Crippen molar-refractivity contribution in [2.75, 3.05) is 0 Å². The van der Waals surface area contributed by atoms with E-state index in [1.807, 2.05) is 22.6 Å². The standard InChI is InChI=1S/C10H11IN2O3/c1-5(9(12)15)13-10(16)7-4-6(11)2-3-8(7)14/h2-5,14H,1H3,(H2,12,15)(H,13,16). The lowest BCUT2D eigenvalue weighted by atomic mass is 10.2. The van der Waals surface area contributed by atoms with Crippen LogP contribution >= 0.6 is 22.6 Å². The Hall–Kier alpha value is -1.31. The molecule has 1 aromatic rings. The maximum atomic E-state index is 11.7. The average Bonchev–Trinajstić information content (AvgIpc) is 2.21. The highest BCUT2D eigenvalue weighted by Gasteiger charge is 2.16. The van der Waals surface area contributed by atoms with Gasteiger partial charge in [0.1, 0.15) is 11.8 Å². The van der Waals surface area contributed by atoms with E-state index in [2.05, 4.69) is 5.32 Å². The maximum Gasteiger partial charge on any atom is 0.255 e. The van der Waals surface area contributed by atoms with Crippen LogP contribution < -0.4 is 11.1 Å². The van der Waals surface area contributed by atoms with E-state index >= 15 is 0 Å². The van der Waals surface area contributed by atoms with Gasteiger partial charge in [-0.25, -0.2) is 0 Å². The van der Waals surface area contributed by atoms with Crippen LogP contribution in [0.5, 0.6) is 5.75 Å². The summed E-state index contributed by atoms with van der Waals surface area (Å²) in [6.07, 6.45) is 0. The van der Waals surface area contributed by atoms with Crippen molar-refractivity contribution in [2.45, 2.75) is 13.0 Å². The van der Waals surface area contributed by atoms with E-state index in [0.717, 1.165) is 3.57 Å². The largest absolute Gasteiger partial charge is 0.507 e. The number of carbonyl (C=O) groups excluding carboxylic acids is 2. The van der Waals surface area contributed by atoms with Crippen LogP contribution in [0.3, 0.4) is 0 Å². The fourth-order valence-electron chi connectivity index (χ4n) is 1.04. The van der Waals surface area contributed by atoms with Crippen LogP contribution in [0, 0.1) is 3.57 Å². The molecular formula is C10H11IN2O3. The molecule has 0 spiro atoms. The lowest BCUT2D eigenvalue weighted by Gasteiger charge is -2.11. The molecule has 1 atom stereocenters. The number of nitrogens with two attached hydrogens (primary N) is 1. The second kappa shape index (κ2) is 5.15. The number of aromatic hydroxyl groups is 1. The van der Waals surface area contributed by atoms with Gasteiger partial charge in [0.05, 0.1) is 5.56 Å². The number of benzene rings is 1. The minimum Gasteiger partial charge on any atom is -0.507 e. The van der Waals surface area contributed by atoms with Crippen molar-refractivity contribution in [2.24, 2.45) is 5.73 Å². The third kappa shape index (κ3) is 3.09. The number of phenols is 1. The number of hydrogen-bond acceptors (Lipinski definition) is 3. The zero-order chi connectivity index (χ0) is 12.3. The van der Waals surface area contributed by atoms with Gasteiger partial charge < -0.3 is 16.2 Å². The van der Waals surface area contributed by atoms with Gasteiger partial charge >= 0.3 is 0 Å². The van der Waals surface area contributed by atoms with Crippen LogP contribution in [0.2, 0.25) is 0 Å². The smallest absolute Gasteiger partial charge is 0.255 e. The first-order valence-corrected chi connectivity index (χ1v) is 5.58. The molecule has 1 unspecified atom stereocenters. The summed E-state index contributed by atoms with van der Waals surface area (Å²) in [4.78, 5) is 22.4. The van der Waals surface area contributed by atoms with Crippen LogP contribution in [0.1, 0.15) is 17.3 Å². The molecule has 0 aliphatic rings. The van der Waals surface area contributed by atoms with Crippen LogP contribution in [-0.2, 0) is 4.79 Å². The van der Waals surface area contributed by atoms with Gasteiger partial charge in [-0.15, -0.1) is 0 Å². The highest BCUT2D eigenvalue weighted by Crippen LogP contribution is 2.19. The number of rotatable bonds is 3. The Morgan fingerprint density at radius 2 is 2.12 bits per heavy atom. The molecule has 0 heterocycles. The van der Waals surface area contributed by atoms with Gasteiger partial charge in [-0.2, -0.15) is 0 Å². The van der Waals surface area contributed by atoms with Gasteiger partial charge in [0.15, 0.2) is 0 Å². The molecule has 0 aliphatic carbocycles. The fraction of sp³-hybridized carbons (Fsp3) is 0.200. The number of halogens is 1. The van der Waals surface area contributed by atoms with Crippen LogP contribution in [0.15, 0.2) is 18.2 Å². The van der Waals surface area contributed by atoms with E-state index in [1.54, 1.807) is 6.07 Å².